The molecule has 0 unspecified atom stereocenters. The first-order valence-corrected chi connectivity index (χ1v) is 27.1. The third-order valence-corrected chi connectivity index (χ3v) is 13.0. The molecule has 0 radical (unpaired) electrons. The quantitative estimate of drug-likeness (QED) is 0.0300. The first-order valence-electron chi connectivity index (χ1n) is 23.3. The van der Waals surface area contributed by atoms with Crippen LogP contribution in [0.5, 0.6) is 0 Å². The summed E-state index contributed by atoms with van der Waals surface area (Å²) >= 11 is 0. The predicted molar refractivity (Wildman–Crippen MR) is 279 cm³/mol. The monoisotopic (exact) mass is 1080 g/mol. The molecule has 0 aliphatic heterocycles. The maximum atomic E-state index is 13.4. The van der Waals surface area contributed by atoms with Gasteiger partial charge in [0, 0.05) is 54.6 Å². The first kappa shape index (κ1) is 63.4. The normalized spacial score (nSPS) is 13.5. The first-order chi connectivity index (χ1) is 33.8. The summed E-state index contributed by atoms with van der Waals surface area (Å²) in [6.07, 6.45) is -2.41. The second-order valence-electron chi connectivity index (χ2n) is 19.7. The summed E-state index contributed by atoms with van der Waals surface area (Å²) in [5.41, 5.74) is 0.169. The van der Waals surface area contributed by atoms with Gasteiger partial charge in [0.05, 0.1) is 43.9 Å². The van der Waals surface area contributed by atoms with Gasteiger partial charge in [-0.15, -0.1) is 0 Å². The highest BCUT2D eigenvalue weighted by Gasteiger charge is 2.33. The summed E-state index contributed by atoms with van der Waals surface area (Å²) in [6, 6.07) is 26.7. The van der Waals surface area contributed by atoms with Crippen LogP contribution in [0.2, 0.25) is 0 Å². The van der Waals surface area contributed by atoms with Crippen LogP contribution in [-0.2, 0) is 41.4 Å². The summed E-state index contributed by atoms with van der Waals surface area (Å²) in [7, 11) is -2.89. The number of ether oxygens (including phenoxy) is 2. The highest BCUT2D eigenvalue weighted by Crippen LogP contribution is 2.23. The minimum atomic E-state index is -4.09. The van der Waals surface area contributed by atoms with E-state index in [1.54, 1.807) is 20.8 Å². The Morgan fingerprint density at radius 3 is 1.33 bits per heavy atom. The van der Waals surface area contributed by atoms with E-state index in [4.69, 9.17) is 20.2 Å². The fraction of sp³-hybridized carbons (Fsp3) is 0.480. The van der Waals surface area contributed by atoms with Gasteiger partial charge < -0.3 is 35.6 Å². The van der Waals surface area contributed by atoms with E-state index < -0.39 is 76.6 Å². The van der Waals surface area contributed by atoms with Crippen molar-refractivity contribution in [2.75, 3.05) is 26.2 Å². The molecule has 2 amide bonds. The molecule has 0 bridgehead atoms. The number of nitro benzene ring substituents is 2. The molecule has 0 saturated heterocycles. The molecule has 73 heavy (non-hydrogen) atoms. The molecule has 23 heteroatoms. The number of hydrogen-bond acceptors (Lipinski definition) is 15. The number of hydrogen-bond donors (Lipinski definition) is 5. The van der Waals surface area contributed by atoms with Crippen molar-refractivity contribution in [2.45, 2.75) is 127 Å². The third-order valence-electron chi connectivity index (χ3n) is 9.81. The number of non-ortho nitro benzene ring substituents is 2. The van der Waals surface area contributed by atoms with Crippen LogP contribution in [0, 0.1) is 32.1 Å². The number of aliphatic hydroxyl groups is 2. The lowest BCUT2D eigenvalue weighted by Gasteiger charge is -2.31. The summed E-state index contributed by atoms with van der Waals surface area (Å²) < 4.78 is 60.0. The van der Waals surface area contributed by atoms with E-state index in [1.165, 1.54) is 12.1 Å². The molecule has 0 aromatic heterocycles. The lowest BCUT2D eigenvalue weighted by molar-refractivity contribution is -0.385. The Kier molecular flexibility index (Phi) is 25.4. The van der Waals surface area contributed by atoms with Crippen molar-refractivity contribution in [3.8, 4) is 0 Å². The van der Waals surface area contributed by atoms with Crippen LogP contribution < -0.4 is 16.0 Å². The van der Waals surface area contributed by atoms with Crippen molar-refractivity contribution in [1.82, 2.24) is 20.3 Å². The van der Waals surface area contributed by atoms with Gasteiger partial charge in [-0.2, -0.15) is 4.31 Å². The zero-order valence-electron chi connectivity index (χ0n) is 42.9. The van der Waals surface area contributed by atoms with E-state index in [1.807, 2.05) is 95.3 Å². The lowest BCUT2D eigenvalue weighted by Crippen LogP contribution is -2.51. The van der Waals surface area contributed by atoms with Gasteiger partial charge in [-0.1, -0.05) is 88.4 Å². The number of sulfonamides is 1. The number of benzene rings is 4. The molecule has 0 fully saturated rings. The average Bonchev–Trinajstić information content (AvgIpc) is 3.27. The zero-order valence-corrected chi connectivity index (χ0v) is 45.3. The molecular formula is C50H71ClN6O14S2. The highest BCUT2D eigenvalue weighted by atomic mass is 35.7. The van der Waals surface area contributed by atoms with Crippen molar-refractivity contribution in [3.05, 3.63) is 141 Å². The molecule has 4 aromatic rings. The molecule has 0 heterocycles. The van der Waals surface area contributed by atoms with Gasteiger partial charge >= 0.3 is 12.2 Å². The van der Waals surface area contributed by atoms with Crippen LogP contribution in [0.25, 0.3) is 0 Å². The maximum Gasteiger partial charge on any atom is 0.407 e. The van der Waals surface area contributed by atoms with E-state index in [9.17, 15) is 56.9 Å². The Morgan fingerprint density at radius 1 is 0.603 bits per heavy atom. The molecule has 0 spiro atoms. The fourth-order valence-electron chi connectivity index (χ4n) is 6.52. The van der Waals surface area contributed by atoms with Gasteiger partial charge in [-0.3, -0.25) is 20.2 Å². The fourth-order valence-corrected chi connectivity index (χ4v) is 8.91. The number of nitro groups is 2. The molecule has 5 N–H and O–H groups in total. The second kappa shape index (κ2) is 29.2. The van der Waals surface area contributed by atoms with Crippen molar-refractivity contribution >= 4 is 53.3 Å². The van der Waals surface area contributed by atoms with Crippen LogP contribution in [0.15, 0.2) is 119 Å². The Bertz CT molecular complexity index is 2560. The SMILES string of the molecule is CC(C)CN(C[C@@H](O)[C@H](Cc1ccccc1)NC(=O)OC(C)(C)C)S(=O)(=O)c1ccc([N+](=O)[O-])cc1.CC(C)CNC[C@@H](O)[C@H](Cc1ccccc1)NC(=O)OC(C)(C)C.O=[N+]([O-])c1ccc(S(=O)(=O)Cl)cc1. The molecule has 4 aromatic carbocycles. The van der Waals surface area contributed by atoms with Crippen LogP contribution in [0.3, 0.4) is 0 Å². The number of aliphatic hydroxyl groups excluding tert-OH is 2. The number of alkyl carbamates (subject to hydrolysis) is 2. The van der Waals surface area contributed by atoms with Gasteiger partial charge in [0.15, 0.2) is 0 Å². The summed E-state index contributed by atoms with van der Waals surface area (Å²) in [4.78, 5) is 44.2. The molecule has 404 valence electrons. The number of amides is 2. The number of halogens is 1. The van der Waals surface area contributed by atoms with Gasteiger partial charge in [0.2, 0.25) is 10.0 Å². The molecule has 0 aliphatic rings. The molecule has 4 rings (SSSR count). The zero-order chi connectivity index (χ0) is 55.3. The van der Waals surface area contributed by atoms with Crippen LogP contribution in [0.1, 0.15) is 80.4 Å². The molecule has 20 nitrogen and oxygen atoms in total. The van der Waals surface area contributed by atoms with Crippen LogP contribution in [-0.4, -0.2) is 115 Å². The third kappa shape index (κ3) is 25.2. The summed E-state index contributed by atoms with van der Waals surface area (Å²) in [5, 5.41) is 51.5. The maximum absolute atomic E-state index is 13.4. The molecule has 0 aliphatic carbocycles. The van der Waals surface area contributed by atoms with Gasteiger partial charge in [0.1, 0.15) is 11.2 Å². The van der Waals surface area contributed by atoms with Crippen molar-refractivity contribution in [3.63, 3.8) is 0 Å². The number of nitrogens with zero attached hydrogens (tertiary/aromatic N) is 3. The number of carbonyl (C=O) groups excluding carboxylic acids is 2. The van der Waals surface area contributed by atoms with Crippen LogP contribution in [0.4, 0.5) is 21.0 Å². The Morgan fingerprint density at radius 2 is 0.986 bits per heavy atom. The molecule has 4 atom stereocenters. The van der Waals surface area contributed by atoms with E-state index in [2.05, 4.69) is 29.8 Å². The summed E-state index contributed by atoms with van der Waals surface area (Å²) in [6.45, 7) is 19.6. The number of carbonyl (C=O) groups is 2. The minimum absolute atomic E-state index is 0.0728. The van der Waals surface area contributed by atoms with Crippen molar-refractivity contribution in [1.29, 1.82) is 0 Å². The summed E-state index contributed by atoms with van der Waals surface area (Å²) in [5.74, 6) is 0.431. The average molecular weight is 1080 g/mol. The van der Waals surface area contributed by atoms with Crippen LogP contribution >= 0.6 is 10.7 Å². The largest absolute Gasteiger partial charge is 0.444 e. The highest BCUT2D eigenvalue weighted by molar-refractivity contribution is 8.13. The smallest absolute Gasteiger partial charge is 0.407 e. The standard InChI is InChI=1S/C25H35N3O7S.C19H32N2O3.C6H4ClNO4S/c1-18(2)16-27(36(33,34)21-13-11-20(12-14-21)28(31)32)17-23(29)22(15-19-9-7-6-8-10-19)26-24(30)35-25(3,4)5;1-14(2)12-20-13-17(22)16(11-15-9-7-6-8-10-15)21-18(23)24-19(3,4)5;7-13(11,12)6-3-1-5(2-4-6)8(9)10/h6-14,18,22-23,29H,15-17H2,1-5H3,(H,26,30);6-10,14,16-17,20,22H,11-13H2,1-5H3,(H,21,23);1-4H/t22-,23+;16-,17+;/m00./s1. The molecular weight excluding hydrogens is 1010 g/mol. The van der Waals surface area contributed by atoms with Crippen molar-refractivity contribution in [2.24, 2.45) is 11.8 Å². The second-order valence-corrected chi connectivity index (χ2v) is 24.2. The number of rotatable bonds is 21. The minimum Gasteiger partial charge on any atom is -0.444 e. The predicted octanol–water partition coefficient (Wildman–Crippen LogP) is 7.99. The van der Waals surface area contributed by atoms with Gasteiger partial charge in [0.25, 0.3) is 20.4 Å². The van der Waals surface area contributed by atoms with E-state index in [-0.39, 0.29) is 46.6 Å². The Hall–Kier alpha value is -5.75. The van der Waals surface area contributed by atoms with E-state index in [0.29, 0.717) is 18.9 Å². The Balaban J connectivity index is 0.000000421. The topological polar surface area (TPSA) is 287 Å². The van der Waals surface area contributed by atoms with Gasteiger partial charge in [-0.25, -0.2) is 26.4 Å². The van der Waals surface area contributed by atoms with E-state index >= 15 is 0 Å². The lowest BCUT2D eigenvalue weighted by atomic mass is 10.0. The van der Waals surface area contributed by atoms with Crippen molar-refractivity contribution < 1.29 is 56.0 Å². The molecule has 0 saturated carbocycles. The number of nitrogens with one attached hydrogen (secondary N) is 3. The van der Waals surface area contributed by atoms with E-state index in [0.717, 1.165) is 58.4 Å². The Labute approximate surface area is 433 Å². The van der Waals surface area contributed by atoms with Gasteiger partial charge in [-0.05, 0) is 108 Å².